The number of alkyl halides is 2. The Morgan fingerprint density at radius 1 is 1.28 bits per heavy atom. The van der Waals surface area contributed by atoms with Gasteiger partial charge >= 0.3 is 6.03 Å². The van der Waals surface area contributed by atoms with Crippen molar-refractivity contribution >= 4 is 11.7 Å². The second-order valence-electron chi connectivity index (χ2n) is 7.29. The normalized spacial score (nSPS) is 17.7. The quantitative estimate of drug-likeness (QED) is 0.791. The van der Waals surface area contributed by atoms with Crippen molar-refractivity contribution in [3.8, 4) is 0 Å². The maximum absolute atomic E-state index is 12.7. The molecule has 2 N–H and O–H groups in total. The maximum atomic E-state index is 12.7. The molecule has 1 aromatic carbocycles. The van der Waals surface area contributed by atoms with E-state index in [9.17, 15) is 13.6 Å². The molecule has 1 aromatic rings. The van der Waals surface area contributed by atoms with Crippen LogP contribution in [0, 0.1) is 11.8 Å². The molecule has 2 amide bonds. The van der Waals surface area contributed by atoms with Gasteiger partial charge in [0.05, 0.1) is 0 Å². The van der Waals surface area contributed by atoms with E-state index in [0.717, 1.165) is 19.0 Å². The Kier molecular flexibility index (Phi) is 7.17. The maximum Gasteiger partial charge on any atom is 0.319 e. The summed E-state index contributed by atoms with van der Waals surface area (Å²) in [6.07, 6.45) is -0.164. The van der Waals surface area contributed by atoms with Gasteiger partial charge < -0.3 is 10.6 Å². The summed E-state index contributed by atoms with van der Waals surface area (Å²) in [6.45, 7) is 9.27. The minimum absolute atomic E-state index is 0.0970. The monoisotopic (exact) mass is 353 g/mol. The molecule has 1 aliphatic heterocycles. The number of urea groups is 1. The van der Waals surface area contributed by atoms with Crippen molar-refractivity contribution in [2.45, 2.75) is 46.1 Å². The first-order valence-corrected chi connectivity index (χ1v) is 9.03. The molecule has 4 nitrogen and oxygen atoms in total. The summed E-state index contributed by atoms with van der Waals surface area (Å²) in [5.74, 6) is 1.19. The van der Waals surface area contributed by atoms with Crippen LogP contribution in [-0.4, -0.2) is 36.6 Å². The number of anilines is 1. The van der Waals surface area contributed by atoms with Gasteiger partial charge in [-0.05, 0) is 49.9 Å². The average Bonchev–Trinajstić information content (AvgIpc) is 2.56. The number of halogens is 2. The van der Waals surface area contributed by atoms with Crippen molar-refractivity contribution in [3.05, 3.63) is 29.8 Å². The molecule has 0 radical (unpaired) electrons. The van der Waals surface area contributed by atoms with Crippen LogP contribution in [-0.2, 0) is 0 Å². The SMILES string of the molecule is CC1CCN(C(CNC(=O)Nc2cccc(C(F)F)c2)C(C)C)CC1. The van der Waals surface area contributed by atoms with E-state index in [1.54, 1.807) is 6.07 Å². The first-order chi connectivity index (χ1) is 11.9. The molecule has 0 spiro atoms. The van der Waals surface area contributed by atoms with Crippen LogP contribution >= 0.6 is 0 Å². The molecule has 0 bridgehead atoms. The number of benzene rings is 1. The van der Waals surface area contributed by atoms with E-state index in [0.29, 0.717) is 18.2 Å². The van der Waals surface area contributed by atoms with Crippen LogP contribution in [0.3, 0.4) is 0 Å². The van der Waals surface area contributed by atoms with Crippen LogP contribution in [0.15, 0.2) is 24.3 Å². The van der Waals surface area contributed by atoms with Crippen LogP contribution in [0.1, 0.15) is 45.6 Å². The molecule has 6 heteroatoms. The average molecular weight is 353 g/mol. The number of nitrogens with zero attached hydrogens (tertiary/aromatic N) is 1. The standard InChI is InChI=1S/C19H29F2N3O/c1-13(2)17(24-9-7-14(3)8-10-24)12-22-19(25)23-16-6-4-5-15(11-16)18(20)21/h4-6,11,13-14,17-18H,7-10,12H2,1-3H3,(H2,22,23,25). The Labute approximate surface area is 149 Å². The molecule has 1 aliphatic rings. The van der Waals surface area contributed by atoms with Crippen molar-refractivity contribution in [2.75, 3.05) is 25.0 Å². The predicted octanol–water partition coefficient (Wildman–Crippen LogP) is 4.50. The summed E-state index contributed by atoms with van der Waals surface area (Å²) in [5, 5.41) is 5.53. The lowest BCUT2D eigenvalue weighted by Gasteiger charge is -2.38. The number of nitrogens with one attached hydrogen (secondary N) is 2. The number of hydrogen-bond acceptors (Lipinski definition) is 2. The molecule has 1 unspecified atom stereocenters. The number of hydrogen-bond donors (Lipinski definition) is 2. The highest BCUT2D eigenvalue weighted by atomic mass is 19.3. The van der Waals surface area contributed by atoms with E-state index in [4.69, 9.17) is 0 Å². The minimum Gasteiger partial charge on any atom is -0.336 e. The van der Waals surface area contributed by atoms with Gasteiger partial charge in [-0.25, -0.2) is 13.6 Å². The van der Waals surface area contributed by atoms with E-state index in [2.05, 4.69) is 36.3 Å². The van der Waals surface area contributed by atoms with E-state index in [-0.39, 0.29) is 17.6 Å². The smallest absolute Gasteiger partial charge is 0.319 e. The fourth-order valence-corrected chi connectivity index (χ4v) is 3.27. The third kappa shape index (κ3) is 5.96. The van der Waals surface area contributed by atoms with Gasteiger partial charge in [0.25, 0.3) is 6.43 Å². The van der Waals surface area contributed by atoms with Crippen LogP contribution in [0.5, 0.6) is 0 Å². The number of carbonyl (C=O) groups excluding carboxylic acids is 1. The number of likely N-dealkylation sites (tertiary alicyclic amines) is 1. The number of carbonyl (C=O) groups is 1. The Balaban J connectivity index is 1.87. The van der Waals surface area contributed by atoms with Gasteiger partial charge in [0.15, 0.2) is 0 Å². The molecule has 1 heterocycles. The first kappa shape index (κ1) is 19.6. The highest BCUT2D eigenvalue weighted by molar-refractivity contribution is 5.89. The molecule has 25 heavy (non-hydrogen) atoms. The second kappa shape index (κ2) is 9.13. The summed E-state index contributed by atoms with van der Waals surface area (Å²) in [5.41, 5.74) is 0.281. The Morgan fingerprint density at radius 2 is 1.96 bits per heavy atom. The van der Waals surface area contributed by atoms with Crippen molar-refractivity contribution in [2.24, 2.45) is 11.8 Å². The molecule has 140 valence electrons. The molecular weight excluding hydrogens is 324 g/mol. The zero-order chi connectivity index (χ0) is 18.4. The summed E-state index contributed by atoms with van der Waals surface area (Å²) in [6, 6.07) is 5.70. The molecular formula is C19H29F2N3O. The van der Waals surface area contributed by atoms with Gasteiger partial charge in [0, 0.05) is 23.8 Å². The molecule has 1 saturated heterocycles. The topological polar surface area (TPSA) is 44.4 Å². The van der Waals surface area contributed by atoms with Crippen LogP contribution < -0.4 is 10.6 Å². The highest BCUT2D eigenvalue weighted by Gasteiger charge is 2.25. The number of rotatable bonds is 6. The van der Waals surface area contributed by atoms with Crippen LogP contribution in [0.25, 0.3) is 0 Å². The van der Waals surface area contributed by atoms with E-state index in [1.165, 1.54) is 31.0 Å². The summed E-state index contributed by atoms with van der Waals surface area (Å²) >= 11 is 0. The van der Waals surface area contributed by atoms with Gasteiger partial charge in [0.2, 0.25) is 0 Å². The minimum atomic E-state index is -2.54. The molecule has 0 aliphatic carbocycles. The first-order valence-electron chi connectivity index (χ1n) is 9.03. The third-order valence-electron chi connectivity index (χ3n) is 4.93. The molecule has 1 atom stereocenters. The van der Waals surface area contributed by atoms with Crippen LogP contribution in [0.4, 0.5) is 19.3 Å². The Bertz CT molecular complexity index is 557. The van der Waals surface area contributed by atoms with Crippen molar-refractivity contribution in [3.63, 3.8) is 0 Å². The third-order valence-corrected chi connectivity index (χ3v) is 4.93. The van der Waals surface area contributed by atoms with Gasteiger partial charge in [-0.1, -0.05) is 32.9 Å². The fourth-order valence-electron chi connectivity index (χ4n) is 3.27. The largest absolute Gasteiger partial charge is 0.336 e. The number of piperidine rings is 1. The highest BCUT2D eigenvalue weighted by Crippen LogP contribution is 2.22. The lowest BCUT2D eigenvalue weighted by atomic mass is 9.94. The number of amides is 2. The lowest BCUT2D eigenvalue weighted by molar-refractivity contribution is 0.108. The van der Waals surface area contributed by atoms with Gasteiger partial charge in [0.1, 0.15) is 0 Å². The van der Waals surface area contributed by atoms with E-state index in [1.807, 2.05) is 0 Å². The summed E-state index contributed by atoms with van der Waals surface area (Å²) < 4.78 is 25.5. The van der Waals surface area contributed by atoms with Crippen molar-refractivity contribution in [1.82, 2.24) is 10.2 Å². The van der Waals surface area contributed by atoms with E-state index >= 15 is 0 Å². The lowest BCUT2D eigenvalue weighted by Crippen LogP contribution is -2.50. The van der Waals surface area contributed by atoms with Gasteiger partial charge in [-0.15, -0.1) is 0 Å². The van der Waals surface area contributed by atoms with E-state index < -0.39 is 6.43 Å². The predicted molar refractivity (Wildman–Crippen MR) is 97.0 cm³/mol. The second-order valence-corrected chi connectivity index (χ2v) is 7.29. The zero-order valence-corrected chi connectivity index (χ0v) is 15.3. The van der Waals surface area contributed by atoms with Gasteiger partial charge in [-0.2, -0.15) is 0 Å². The molecule has 0 saturated carbocycles. The van der Waals surface area contributed by atoms with Gasteiger partial charge in [-0.3, -0.25) is 4.90 Å². The Hall–Kier alpha value is -1.69. The Morgan fingerprint density at radius 3 is 2.56 bits per heavy atom. The zero-order valence-electron chi connectivity index (χ0n) is 15.3. The summed E-state index contributed by atoms with van der Waals surface area (Å²) in [4.78, 5) is 14.6. The van der Waals surface area contributed by atoms with Crippen molar-refractivity contribution < 1.29 is 13.6 Å². The molecule has 2 rings (SSSR count). The summed E-state index contributed by atoms with van der Waals surface area (Å²) in [7, 11) is 0. The van der Waals surface area contributed by atoms with Crippen LogP contribution in [0.2, 0.25) is 0 Å². The molecule has 1 fully saturated rings. The molecule has 0 aromatic heterocycles. The fraction of sp³-hybridized carbons (Fsp3) is 0.632. The van der Waals surface area contributed by atoms with Crippen molar-refractivity contribution in [1.29, 1.82) is 0 Å².